The van der Waals surface area contributed by atoms with E-state index in [0.717, 1.165) is 62.7 Å². The molecular formula is C26H33FN6O. The van der Waals surface area contributed by atoms with Gasteiger partial charge in [-0.05, 0) is 47.0 Å². The van der Waals surface area contributed by atoms with Crippen molar-refractivity contribution in [2.45, 2.75) is 50.7 Å². The van der Waals surface area contributed by atoms with Gasteiger partial charge in [-0.25, -0.2) is 9.07 Å². The largest absolute Gasteiger partial charge is 0.496 e. The third kappa shape index (κ3) is 4.98. The van der Waals surface area contributed by atoms with Crippen molar-refractivity contribution in [3.8, 4) is 5.75 Å². The van der Waals surface area contributed by atoms with Crippen LogP contribution in [0.3, 0.4) is 0 Å². The van der Waals surface area contributed by atoms with Crippen LogP contribution in [0.15, 0.2) is 48.5 Å². The summed E-state index contributed by atoms with van der Waals surface area (Å²) in [4.78, 5) is 4.90. The number of aromatic nitrogens is 4. The monoisotopic (exact) mass is 464 g/mol. The fourth-order valence-electron chi connectivity index (χ4n) is 5.39. The minimum atomic E-state index is -0.226. The number of nitrogens with zero attached hydrogens (tertiary/aromatic N) is 6. The second-order valence-electron chi connectivity index (χ2n) is 9.35. The van der Waals surface area contributed by atoms with E-state index >= 15 is 0 Å². The summed E-state index contributed by atoms with van der Waals surface area (Å²) in [6, 6.07) is 15.3. The topological polar surface area (TPSA) is 59.3 Å². The molecule has 2 heterocycles. The molecule has 2 aromatic carbocycles. The highest BCUT2D eigenvalue weighted by Gasteiger charge is 2.32. The molecule has 0 unspecified atom stereocenters. The number of tetrazole rings is 1. The third-order valence-electron chi connectivity index (χ3n) is 7.23. The van der Waals surface area contributed by atoms with Gasteiger partial charge in [-0.2, -0.15) is 0 Å². The Kier molecular flexibility index (Phi) is 7.16. The standard InChI is InChI=1S/C26H33FN6O/c1-34-24-10-6-5-7-21(24)19-31-15-17-32(18-16-31)25(20-11-13-22(27)14-12-20)26-28-29-30-33(26)23-8-3-2-4-9-23/h5-7,10-14,23,25H,2-4,8-9,15-19H2,1H3/t25-/m0/s1. The van der Waals surface area contributed by atoms with Crippen LogP contribution in [0, 0.1) is 5.82 Å². The predicted molar refractivity (Wildman–Crippen MR) is 128 cm³/mol. The Morgan fingerprint density at radius 1 is 0.971 bits per heavy atom. The molecule has 1 aromatic heterocycles. The van der Waals surface area contributed by atoms with Crippen LogP contribution in [-0.2, 0) is 6.54 Å². The van der Waals surface area contributed by atoms with Crippen molar-refractivity contribution in [1.82, 2.24) is 30.0 Å². The van der Waals surface area contributed by atoms with E-state index in [1.807, 2.05) is 28.9 Å². The zero-order chi connectivity index (χ0) is 23.3. The van der Waals surface area contributed by atoms with Crippen molar-refractivity contribution in [1.29, 1.82) is 0 Å². The fraction of sp³-hybridized carbons (Fsp3) is 0.500. The van der Waals surface area contributed by atoms with Crippen LogP contribution in [0.2, 0.25) is 0 Å². The average Bonchev–Trinajstić information content (AvgIpc) is 3.37. The van der Waals surface area contributed by atoms with Gasteiger partial charge in [-0.15, -0.1) is 5.10 Å². The third-order valence-corrected chi connectivity index (χ3v) is 7.23. The first-order chi connectivity index (χ1) is 16.7. The SMILES string of the molecule is COc1ccccc1CN1CCN([C@@H](c2ccc(F)cc2)c2nnnn2C2CCCCC2)CC1. The maximum Gasteiger partial charge on any atom is 0.173 e. The fourth-order valence-corrected chi connectivity index (χ4v) is 5.39. The van der Waals surface area contributed by atoms with E-state index < -0.39 is 0 Å². The first-order valence-electron chi connectivity index (χ1n) is 12.3. The summed E-state index contributed by atoms with van der Waals surface area (Å²) in [7, 11) is 1.72. The number of piperazine rings is 1. The summed E-state index contributed by atoms with van der Waals surface area (Å²) in [6.07, 6.45) is 5.94. The summed E-state index contributed by atoms with van der Waals surface area (Å²) in [6.45, 7) is 4.49. The number of para-hydroxylation sites is 1. The highest BCUT2D eigenvalue weighted by Crippen LogP contribution is 2.34. The molecule has 5 rings (SSSR count). The predicted octanol–water partition coefficient (Wildman–Crippen LogP) is 4.23. The Labute approximate surface area is 200 Å². The van der Waals surface area contributed by atoms with Crippen LogP contribution in [0.5, 0.6) is 5.75 Å². The molecular weight excluding hydrogens is 431 g/mol. The van der Waals surface area contributed by atoms with Crippen molar-refractivity contribution in [3.63, 3.8) is 0 Å². The summed E-state index contributed by atoms with van der Waals surface area (Å²) in [5.74, 6) is 1.58. The van der Waals surface area contributed by atoms with E-state index in [2.05, 4.69) is 37.5 Å². The van der Waals surface area contributed by atoms with Crippen LogP contribution in [0.1, 0.15) is 61.1 Å². The van der Waals surface area contributed by atoms with Crippen LogP contribution in [0.4, 0.5) is 4.39 Å². The van der Waals surface area contributed by atoms with Crippen LogP contribution >= 0.6 is 0 Å². The lowest BCUT2D eigenvalue weighted by Gasteiger charge is -2.39. The molecule has 3 aromatic rings. The van der Waals surface area contributed by atoms with Crippen LogP contribution in [-0.4, -0.2) is 63.3 Å². The molecule has 34 heavy (non-hydrogen) atoms. The molecule has 1 saturated heterocycles. The van der Waals surface area contributed by atoms with Crippen molar-refractivity contribution >= 4 is 0 Å². The molecule has 0 spiro atoms. The molecule has 1 aliphatic heterocycles. The van der Waals surface area contributed by atoms with Crippen molar-refractivity contribution in [2.24, 2.45) is 0 Å². The van der Waals surface area contributed by atoms with Gasteiger partial charge in [0.2, 0.25) is 0 Å². The molecule has 180 valence electrons. The molecule has 2 fully saturated rings. The number of benzene rings is 2. The zero-order valence-electron chi connectivity index (χ0n) is 19.8. The first kappa shape index (κ1) is 22.9. The Morgan fingerprint density at radius 3 is 2.44 bits per heavy atom. The van der Waals surface area contributed by atoms with E-state index in [1.165, 1.54) is 37.0 Å². The second-order valence-corrected chi connectivity index (χ2v) is 9.35. The Morgan fingerprint density at radius 2 is 1.71 bits per heavy atom. The number of rotatable bonds is 7. The van der Waals surface area contributed by atoms with Crippen molar-refractivity contribution in [3.05, 3.63) is 71.3 Å². The second kappa shape index (κ2) is 10.6. The van der Waals surface area contributed by atoms with Crippen molar-refractivity contribution < 1.29 is 9.13 Å². The van der Waals surface area contributed by atoms with E-state index in [9.17, 15) is 4.39 Å². The van der Waals surface area contributed by atoms with E-state index in [-0.39, 0.29) is 11.9 Å². The van der Waals surface area contributed by atoms with Crippen LogP contribution < -0.4 is 4.74 Å². The quantitative estimate of drug-likeness (QED) is 0.522. The zero-order valence-corrected chi connectivity index (χ0v) is 19.8. The average molecular weight is 465 g/mol. The van der Waals surface area contributed by atoms with Gasteiger partial charge in [0, 0.05) is 38.3 Å². The van der Waals surface area contributed by atoms with Gasteiger partial charge in [0.1, 0.15) is 11.6 Å². The number of halogens is 1. The van der Waals surface area contributed by atoms with Crippen molar-refractivity contribution in [2.75, 3.05) is 33.3 Å². The number of ether oxygens (including phenoxy) is 1. The van der Waals surface area contributed by atoms with Gasteiger partial charge in [0.05, 0.1) is 19.2 Å². The lowest BCUT2D eigenvalue weighted by atomic mass is 9.95. The molecule has 0 bridgehead atoms. The Hall–Kier alpha value is -2.84. The maximum atomic E-state index is 13.7. The number of methoxy groups -OCH3 is 1. The van der Waals surface area contributed by atoms with E-state index in [1.54, 1.807) is 7.11 Å². The highest BCUT2D eigenvalue weighted by atomic mass is 19.1. The maximum absolute atomic E-state index is 13.7. The van der Waals surface area contributed by atoms with Gasteiger partial charge in [0.25, 0.3) is 0 Å². The molecule has 7 nitrogen and oxygen atoms in total. The molecule has 0 N–H and O–H groups in total. The summed E-state index contributed by atoms with van der Waals surface area (Å²) < 4.78 is 21.3. The molecule has 0 radical (unpaired) electrons. The molecule has 1 saturated carbocycles. The van der Waals surface area contributed by atoms with Gasteiger partial charge in [-0.3, -0.25) is 9.80 Å². The minimum Gasteiger partial charge on any atom is -0.496 e. The van der Waals surface area contributed by atoms with Gasteiger partial charge in [0.15, 0.2) is 5.82 Å². The number of hydrogen-bond donors (Lipinski definition) is 0. The highest BCUT2D eigenvalue weighted by molar-refractivity contribution is 5.33. The smallest absolute Gasteiger partial charge is 0.173 e. The molecule has 2 aliphatic rings. The lowest BCUT2D eigenvalue weighted by Crippen LogP contribution is -2.48. The Bertz CT molecular complexity index is 1060. The molecule has 1 atom stereocenters. The van der Waals surface area contributed by atoms with Gasteiger partial charge in [-0.1, -0.05) is 49.6 Å². The normalized spacial score (nSPS) is 19.2. The van der Waals surface area contributed by atoms with Crippen LogP contribution in [0.25, 0.3) is 0 Å². The number of hydrogen-bond acceptors (Lipinski definition) is 6. The summed E-state index contributed by atoms with van der Waals surface area (Å²) >= 11 is 0. The molecule has 8 heteroatoms. The first-order valence-corrected chi connectivity index (χ1v) is 12.3. The summed E-state index contributed by atoms with van der Waals surface area (Å²) in [5.41, 5.74) is 2.24. The van der Waals surface area contributed by atoms with E-state index in [0.29, 0.717) is 6.04 Å². The van der Waals surface area contributed by atoms with Gasteiger partial charge >= 0.3 is 0 Å². The lowest BCUT2D eigenvalue weighted by molar-refractivity contribution is 0.0981. The molecule has 1 aliphatic carbocycles. The Balaban J connectivity index is 1.36. The van der Waals surface area contributed by atoms with Gasteiger partial charge < -0.3 is 4.74 Å². The van der Waals surface area contributed by atoms with E-state index in [4.69, 9.17) is 4.74 Å². The summed E-state index contributed by atoms with van der Waals surface area (Å²) in [5, 5.41) is 13.0. The minimum absolute atomic E-state index is 0.0917. The molecule has 0 amide bonds.